The molecule has 0 aliphatic rings. The van der Waals surface area contributed by atoms with Gasteiger partial charge in [0, 0.05) is 24.0 Å². The number of nitrogens with two attached hydrogens (primary N) is 1. The summed E-state index contributed by atoms with van der Waals surface area (Å²) in [4.78, 5) is 7.70. The molecule has 1 aromatic carbocycles. The maximum absolute atomic E-state index is 12.4. The number of anilines is 3. The van der Waals surface area contributed by atoms with Crippen LogP contribution in [0.5, 0.6) is 0 Å². The molecule has 9 nitrogen and oxygen atoms in total. The monoisotopic (exact) mass is 353 g/mol. The van der Waals surface area contributed by atoms with E-state index in [0.29, 0.717) is 14.8 Å². The minimum Gasteiger partial charge on any atom is -0.367 e. The van der Waals surface area contributed by atoms with Crippen molar-refractivity contribution in [3.05, 3.63) is 41.8 Å². The molecule has 0 aliphatic carbocycles. The van der Waals surface area contributed by atoms with Crippen molar-refractivity contribution in [2.75, 3.05) is 11.1 Å². The molecule has 3 rings (SSSR count). The minimum absolute atomic E-state index is 0.0457. The van der Waals surface area contributed by atoms with Crippen molar-refractivity contribution < 1.29 is 8.42 Å². The Balaban J connectivity index is 1.93. The number of nitrogens with zero attached hydrogens (tertiary/aromatic N) is 5. The summed E-state index contributed by atoms with van der Waals surface area (Å²) in [7, 11) is -2.35. The molecule has 0 saturated carbocycles. The zero-order valence-electron chi connectivity index (χ0n) is 11.9. The third-order valence-electron chi connectivity index (χ3n) is 2.88. The van der Waals surface area contributed by atoms with Gasteiger partial charge in [-0.25, -0.2) is 4.98 Å². The number of rotatable bonds is 4. The van der Waals surface area contributed by atoms with Crippen molar-refractivity contribution in [1.29, 1.82) is 0 Å². The van der Waals surface area contributed by atoms with Crippen LogP contribution in [0.3, 0.4) is 0 Å². The summed E-state index contributed by atoms with van der Waals surface area (Å²) in [6.45, 7) is 0. The number of nitrogens with one attached hydrogen (secondary N) is 1. The maximum atomic E-state index is 12.4. The van der Waals surface area contributed by atoms with Crippen LogP contribution in [0.25, 0.3) is 0 Å². The van der Waals surface area contributed by atoms with Gasteiger partial charge in [0.25, 0.3) is 0 Å². The first-order valence-corrected chi connectivity index (χ1v) is 8.17. The first-order valence-electron chi connectivity index (χ1n) is 6.35. The second-order valence-corrected chi connectivity index (χ2v) is 6.80. The molecule has 0 saturated heterocycles. The lowest BCUT2D eigenvalue weighted by atomic mass is 10.3. The number of hydrogen-bond acceptors (Lipinski definition) is 7. The Kier molecular flexibility index (Phi) is 3.70. The first kappa shape index (κ1) is 15.3. The molecule has 0 radical (unpaired) electrons. The fourth-order valence-electron chi connectivity index (χ4n) is 1.81. The highest BCUT2D eigenvalue weighted by atomic mass is 35.5. The van der Waals surface area contributed by atoms with Gasteiger partial charge in [0.05, 0.1) is 6.33 Å². The number of halogens is 1. The maximum Gasteiger partial charge on any atom is 0.305 e. The zero-order valence-corrected chi connectivity index (χ0v) is 13.5. The van der Waals surface area contributed by atoms with Crippen LogP contribution in [0.1, 0.15) is 0 Å². The Labute approximate surface area is 136 Å². The molecule has 0 spiro atoms. The van der Waals surface area contributed by atoms with E-state index in [4.69, 9.17) is 17.3 Å². The molecule has 120 valence electrons. The third kappa shape index (κ3) is 2.98. The number of hydrogen-bond donors (Lipinski definition) is 2. The van der Waals surface area contributed by atoms with Gasteiger partial charge in [-0.3, -0.25) is 0 Å². The van der Waals surface area contributed by atoms with Crippen molar-refractivity contribution in [3.8, 4) is 0 Å². The van der Waals surface area contributed by atoms with Crippen LogP contribution >= 0.6 is 11.6 Å². The summed E-state index contributed by atoms with van der Waals surface area (Å²) in [5, 5.41) is 7.14. The van der Waals surface area contributed by atoms with Crippen LogP contribution in [0.2, 0.25) is 5.02 Å². The van der Waals surface area contributed by atoms with Gasteiger partial charge in [-0.15, -0.1) is 9.19 Å². The molecular weight excluding hydrogens is 342 g/mol. The van der Waals surface area contributed by atoms with E-state index in [9.17, 15) is 8.42 Å². The Morgan fingerprint density at radius 3 is 2.57 bits per heavy atom. The van der Waals surface area contributed by atoms with E-state index in [-0.39, 0.29) is 16.9 Å². The van der Waals surface area contributed by atoms with Crippen LogP contribution in [0.15, 0.2) is 41.8 Å². The molecular formula is C12H12ClN7O2S. The largest absolute Gasteiger partial charge is 0.367 e. The lowest BCUT2D eigenvalue weighted by Crippen LogP contribution is -2.17. The second kappa shape index (κ2) is 5.56. The van der Waals surface area contributed by atoms with Crippen molar-refractivity contribution in [3.63, 3.8) is 0 Å². The fraction of sp³-hybridized carbons (Fsp3) is 0.0833. The Bertz CT molecular complexity index is 946. The normalized spacial score (nSPS) is 11.6. The lowest BCUT2D eigenvalue weighted by Gasteiger charge is -2.02. The van der Waals surface area contributed by atoms with Crippen molar-refractivity contribution >= 4 is 39.2 Å². The molecule has 0 amide bonds. The molecule has 23 heavy (non-hydrogen) atoms. The average molecular weight is 354 g/mol. The second-order valence-electron chi connectivity index (χ2n) is 4.65. The van der Waals surface area contributed by atoms with Gasteiger partial charge in [0.1, 0.15) is 0 Å². The molecule has 3 N–H and O–H groups in total. The van der Waals surface area contributed by atoms with Crippen LogP contribution in [-0.4, -0.2) is 32.1 Å². The number of aromatic nitrogens is 5. The van der Waals surface area contributed by atoms with Crippen LogP contribution in [0, 0.1) is 0 Å². The van der Waals surface area contributed by atoms with E-state index < -0.39 is 10.0 Å². The summed E-state index contributed by atoms with van der Waals surface area (Å²) >= 11 is 5.80. The van der Waals surface area contributed by atoms with Gasteiger partial charge in [0.2, 0.25) is 11.9 Å². The SMILES string of the molecule is Cn1cnc(S(=O)(=O)n2nc(Nc3ccc(Cl)cc3)nc2N)c1. The Morgan fingerprint density at radius 1 is 1.26 bits per heavy atom. The minimum atomic E-state index is -4.00. The summed E-state index contributed by atoms with van der Waals surface area (Å²) in [5.74, 6) is -0.226. The van der Waals surface area contributed by atoms with E-state index in [2.05, 4.69) is 20.4 Å². The van der Waals surface area contributed by atoms with Crippen LogP contribution in [-0.2, 0) is 17.1 Å². The average Bonchev–Trinajstić information content (AvgIpc) is 3.08. The van der Waals surface area contributed by atoms with Gasteiger partial charge in [-0.1, -0.05) is 11.6 Å². The van der Waals surface area contributed by atoms with Gasteiger partial charge >= 0.3 is 10.0 Å². The van der Waals surface area contributed by atoms with E-state index in [0.717, 1.165) is 0 Å². The summed E-state index contributed by atoms with van der Waals surface area (Å²) in [6, 6.07) is 6.75. The fourth-order valence-corrected chi connectivity index (χ4v) is 3.07. The molecule has 3 aromatic rings. The van der Waals surface area contributed by atoms with Crippen molar-refractivity contribution in [2.45, 2.75) is 5.03 Å². The lowest BCUT2D eigenvalue weighted by molar-refractivity contribution is 0.578. The van der Waals surface area contributed by atoms with E-state index in [1.165, 1.54) is 17.1 Å². The molecule has 2 heterocycles. The summed E-state index contributed by atoms with van der Waals surface area (Å²) < 4.78 is 27.0. The Morgan fingerprint density at radius 2 is 1.96 bits per heavy atom. The number of aryl methyl sites for hydroxylation is 1. The molecule has 0 unspecified atom stereocenters. The zero-order chi connectivity index (χ0) is 16.6. The summed E-state index contributed by atoms with van der Waals surface area (Å²) in [5.41, 5.74) is 6.30. The van der Waals surface area contributed by atoms with Gasteiger partial charge in [-0.2, -0.15) is 13.4 Å². The van der Waals surface area contributed by atoms with E-state index >= 15 is 0 Å². The standard InChI is InChI=1S/C12H12ClN7O2S/c1-19-6-10(15-7-19)23(21,22)20-11(14)17-12(18-20)16-9-4-2-8(13)3-5-9/h2-7H,1H3,(H3,14,16,17,18). The molecule has 11 heteroatoms. The van der Waals surface area contributed by atoms with Crippen molar-refractivity contribution in [1.82, 2.24) is 23.7 Å². The smallest absolute Gasteiger partial charge is 0.305 e. The summed E-state index contributed by atoms with van der Waals surface area (Å²) in [6.07, 6.45) is 2.72. The predicted molar refractivity (Wildman–Crippen MR) is 85.0 cm³/mol. The van der Waals surface area contributed by atoms with Gasteiger partial charge in [0.15, 0.2) is 5.03 Å². The number of imidazole rings is 1. The van der Waals surface area contributed by atoms with Gasteiger partial charge in [-0.05, 0) is 24.3 Å². The van der Waals surface area contributed by atoms with E-state index in [1.807, 2.05) is 0 Å². The van der Waals surface area contributed by atoms with E-state index in [1.54, 1.807) is 31.3 Å². The number of nitrogen functional groups attached to an aromatic ring is 1. The topological polar surface area (TPSA) is 121 Å². The highest BCUT2D eigenvalue weighted by Crippen LogP contribution is 2.19. The molecule has 0 aliphatic heterocycles. The van der Waals surface area contributed by atoms with Gasteiger partial charge < -0.3 is 15.6 Å². The van der Waals surface area contributed by atoms with Crippen LogP contribution < -0.4 is 11.1 Å². The molecule has 2 aromatic heterocycles. The third-order valence-corrected chi connectivity index (χ3v) is 4.59. The van der Waals surface area contributed by atoms with Crippen LogP contribution in [0.4, 0.5) is 17.6 Å². The highest BCUT2D eigenvalue weighted by Gasteiger charge is 2.25. The number of benzene rings is 1. The van der Waals surface area contributed by atoms with Crippen molar-refractivity contribution in [2.24, 2.45) is 7.05 Å². The quantitative estimate of drug-likeness (QED) is 0.723. The predicted octanol–water partition coefficient (Wildman–Crippen LogP) is 1.23. The molecule has 0 fully saturated rings. The highest BCUT2D eigenvalue weighted by molar-refractivity contribution is 7.89. The Hall–Kier alpha value is -2.59. The molecule has 0 atom stereocenters. The first-order chi connectivity index (χ1) is 10.9. The molecule has 0 bridgehead atoms.